The molecule has 0 saturated carbocycles. The predicted molar refractivity (Wildman–Crippen MR) is 67.1 cm³/mol. The summed E-state index contributed by atoms with van der Waals surface area (Å²) in [7, 11) is -2.15. The number of carbonyl (C=O) groups is 1. The van der Waals surface area contributed by atoms with E-state index in [4.69, 9.17) is 5.11 Å². The van der Waals surface area contributed by atoms with Crippen molar-refractivity contribution in [1.82, 2.24) is 9.29 Å². The SMILES string of the molecule is CCC(CC)NS(=O)(=O)c1cc(C(=O)O)n(C)c1. The monoisotopic (exact) mass is 274 g/mol. The molecule has 2 N–H and O–H groups in total. The Labute approximate surface area is 107 Å². The minimum absolute atomic E-state index is 0.0192. The van der Waals surface area contributed by atoms with Crippen molar-refractivity contribution in [3.8, 4) is 0 Å². The Morgan fingerprint density at radius 1 is 1.44 bits per heavy atom. The molecule has 6 nitrogen and oxygen atoms in total. The molecule has 0 radical (unpaired) electrons. The predicted octanol–water partition coefficient (Wildman–Crippen LogP) is 1.19. The van der Waals surface area contributed by atoms with Crippen molar-refractivity contribution in [3.05, 3.63) is 18.0 Å². The molecule has 0 aliphatic carbocycles. The first-order valence-corrected chi connectivity index (χ1v) is 7.22. The van der Waals surface area contributed by atoms with Gasteiger partial charge in [0.05, 0.1) is 0 Å². The van der Waals surface area contributed by atoms with Crippen LogP contribution in [0.3, 0.4) is 0 Å². The minimum atomic E-state index is -3.65. The molecular formula is C11H18N2O4S. The maximum absolute atomic E-state index is 12.0. The maximum Gasteiger partial charge on any atom is 0.352 e. The van der Waals surface area contributed by atoms with Gasteiger partial charge in [0.15, 0.2) is 0 Å². The largest absolute Gasteiger partial charge is 0.477 e. The van der Waals surface area contributed by atoms with Crippen LogP contribution in [-0.4, -0.2) is 30.1 Å². The zero-order chi connectivity index (χ0) is 13.9. The second kappa shape index (κ2) is 5.53. The first kappa shape index (κ1) is 14.7. The summed E-state index contributed by atoms with van der Waals surface area (Å²) < 4.78 is 27.9. The van der Waals surface area contributed by atoms with Gasteiger partial charge in [-0.2, -0.15) is 0 Å². The molecule has 0 aromatic carbocycles. The number of rotatable bonds is 6. The van der Waals surface area contributed by atoms with Crippen LogP contribution < -0.4 is 4.72 Å². The average Bonchev–Trinajstić information content (AvgIpc) is 2.69. The maximum atomic E-state index is 12.0. The van der Waals surface area contributed by atoms with E-state index in [1.165, 1.54) is 17.8 Å². The van der Waals surface area contributed by atoms with Crippen molar-refractivity contribution >= 4 is 16.0 Å². The molecule has 0 saturated heterocycles. The summed E-state index contributed by atoms with van der Waals surface area (Å²) in [5.74, 6) is -1.15. The molecule has 0 bridgehead atoms. The highest BCUT2D eigenvalue weighted by Gasteiger charge is 2.22. The van der Waals surface area contributed by atoms with Gasteiger partial charge in [-0.3, -0.25) is 0 Å². The molecule has 0 fully saturated rings. The summed E-state index contributed by atoms with van der Waals surface area (Å²) in [6.45, 7) is 3.79. The quantitative estimate of drug-likeness (QED) is 0.815. The van der Waals surface area contributed by atoms with Gasteiger partial charge in [-0.15, -0.1) is 0 Å². The smallest absolute Gasteiger partial charge is 0.352 e. The fourth-order valence-corrected chi connectivity index (χ4v) is 3.11. The molecule has 0 spiro atoms. The van der Waals surface area contributed by atoms with Crippen LogP contribution in [0.1, 0.15) is 37.2 Å². The molecule has 7 heteroatoms. The van der Waals surface area contributed by atoms with Gasteiger partial charge < -0.3 is 9.67 Å². The van der Waals surface area contributed by atoms with Gasteiger partial charge in [0.25, 0.3) is 0 Å². The number of hydrogen-bond donors (Lipinski definition) is 2. The molecule has 1 aromatic heterocycles. The summed E-state index contributed by atoms with van der Waals surface area (Å²) in [5, 5.41) is 8.88. The zero-order valence-electron chi connectivity index (χ0n) is 10.7. The Morgan fingerprint density at radius 3 is 2.39 bits per heavy atom. The van der Waals surface area contributed by atoms with Gasteiger partial charge in [-0.05, 0) is 18.9 Å². The van der Waals surface area contributed by atoms with Gasteiger partial charge in [0, 0.05) is 19.3 Å². The summed E-state index contributed by atoms with van der Waals surface area (Å²) in [6.07, 6.45) is 2.68. The molecule has 0 atom stereocenters. The minimum Gasteiger partial charge on any atom is -0.477 e. The van der Waals surface area contributed by atoms with Crippen molar-refractivity contribution in [3.63, 3.8) is 0 Å². The normalized spacial score (nSPS) is 12.0. The van der Waals surface area contributed by atoms with E-state index in [-0.39, 0.29) is 16.6 Å². The van der Waals surface area contributed by atoms with Crippen LogP contribution in [0.15, 0.2) is 17.2 Å². The fraction of sp³-hybridized carbons (Fsp3) is 0.545. The second-order valence-corrected chi connectivity index (χ2v) is 5.83. The summed E-state index contributed by atoms with van der Waals surface area (Å²) in [5.41, 5.74) is -0.0556. The van der Waals surface area contributed by atoms with E-state index in [1.807, 2.05) is 13.8 Å². The zero-order valence-corrected chi connectivity index (χ0v) is 11.5. The summed E-state index contributed by atoms with van der Waals surface area (Å²) in [6, 6.07) is 1.02. The van der Waals surface area contributed by atoms with E-state index in [1.54, 1.807) is 0 Å². The van der Waals surface area contributed by atoms with Crippen molar-refractivity contribution < 1.29 is 18.3 Å². The highest BCUT2D eigenvalue weighted by molar-refractivity contribution is 7.89. The Hall–Kier alpha value is -1.34. The number of aromatic nitrogens is 1. The Balaban J connectivity index is 3.06. The lowest BCUT2D eigenvalue weighted by molar-refractivity contribution is 0.0686. The number of nitrogens with one attached hydrogen (secondary N) is 1. The van der Waals surface area contributed by atoms with Crippen molar-refractivity contribution in [1.29, 1.82) is 0 Å². The second-order valence-electron chi connectivity index (χ2n) is 4.11. The van der Waals surface area contributed by atoms with Crippen molar-refractivity contribution in [2.45, 2.75) is 37.6 Å². The third kappa shape index (κ3) is 3.11. The summed E-state index contributed by atoms with van der Waals surface area (Å²) >= 11 is 0. The van der Waals surface area contributed by atoms with E-state index >= 15 is 0 Å². The molecule has 0 unspecified atom stereocenters. The van der Waals surface area contributed by atoms with Crippen LogP contribution in [0, 0.1) is 0 Å². The number of aromatic carboxylic acids is 1. The van der Waals surface area contributed by atoms with Crippen LogP contribution in [0.4, 0.5) is 0 Å². The van der Waals surface area contributed by atoms with Gasteiger partial charge in [-0.1, -0.05) is 13.8 Å². The Kier molecular flexibility index (Phi) is 4.53. The number of carboxylic acids is 1. The molecule has 1 heterocycles. The molecule has 1 aromatic rings. The van der Waals surface area contributed by atoms with Crippen molar-refractivity contribution in [2.24, 2.45) is 7.05 Å². The first-order valence-electron chi connectivity index (χ1n) is 5.73. The highest BCUT2D eigenvalue weighted by Crippen LogP contribution is 2.14. The molecule has 0 aliphatic heterocycles. The van der Waals surface area contributed by atoms with Crippen LogP contribution in [0.25, 0.3) is 0 Å². The third-order valence-electron chi connectivity index (χ3n) is 2.82. The van der Waals surface area contributed by atoms with Crippen LogP contribution in [0.2, 0.25) is 0 Å². The van der Waals surface area contributed by atoms with Crippen LogP contribution in [-0.2, 0) is 17.1 Å². The van der Waals surface area contributed by atoms with E-state index in [0.29, 0.717) is 12.8 Å². The van der Waals surface area contributed by atoms with Crippen LogP contribution >= 0.6 is 0 Å². The molecule has 102 valence electrons. The van der Waals surface area contributed by atoms with Crippen LogP contribution in [0.5, 0.6) is 0 Å². The number of carboxylic acid groups (broad SMARTS) is 1. The Bertz CT molecular complexity index is 529. The van der Waals surface area contributed by atoms with Gasteiger partial charge >= 0.3 is 5.97 Å². The highest BCUT2D eigenvalue weighted by atomic mass is 32.2. The van der Waals surface area contributed by atoms with Gasteiger partial charge in [0.1, 0.15) is 10.6 Å². The number of nitrogens with zero attached hydrogens (tertiary/aromatic N) is 1. The summed E-state index contributed by atoms with van der Waals surface area (Å²) in [4.78, 5) is 10.8. The average molecular weight is 274 g/mol. The van der Waals surface area contributed by atoms with Crippen molar-refractivity contribution in [2.75, 3.05) is 0 Å². The lowest BCUT2D eigenvalue weighted by atomic mass is 10.2. The van der Waals surface area contributed by atoms with Gasteiger partial charge in [0.2, 0.25) is 10.0 Å². The number of aryl methyl sites for hydroxylation is 1. The lowest BCUT2D eigenvalue weighted by Crippen LogP contribution is -2.33. The molecule has 0 amide bonds. The molecule has 0 aliphatic rings. The van der Waals surface area contributed by atoms with E-state index in [2.05, 4.69) is 4.72 Å². The molecular weight excluding hydrogens is 256 g/mol. The number of hydrogen-bond acceptors (Lipinski definition) is 3. The van der Waals surface area contributed by atoms with Gasteiger partial charge in [-0.25, -0.2) is 17.9 Å². The third-order valence-corrected chi connectivity index (χ3v) is 4.30. The Morgan fingerprint density at radius 2 is 2.00 bits per heavy atom. The molecule has 1 rings (SSSR count). The van der Waals surface area contributed by atoms with E-state index in [9.17, 15) is 13.2 Å². The topological polar surface area (TPSA) is 88.4 Å². The van der Waals surface area contributed by atoms with E-state index < -0.39 is 16.0 Å². The standard InChI is InChI=1S/C11H18N2O4S/c1-4-8(5-2)12-18(16,17)9-6-10(11(14)15)13(3)7-9/h6-8,12H,4-5H2,1-3H3,(H,14,15). The molecule has 18 heavy (non-hydrogen) atoms. The van der Waals surface area contributed by atoms with E-state index in [0.717, 1.165) is 6.07 Å². The lowest BCUT2D eigenvalue weighted by Gasteiger charge is -2.13. The number of sulfonamides is 1. The first-order chi connectivity index (χ1) is 8.31. The fourth-order valence-electron chi connectivity index (χ4n) is 1.64.